The van der Waals surface area contributed by atoms with Gasteiger partial charge in [-0.15, -0.1) is 23.5 Å². The number of aromatic amines is 1. The number of rotatable bonds is 13. The highest BCUT2D eigenvalue weighted by molar-refractivity contribution is 7.99. The molecule has 1 aliphatic heterocycles. The van der Waals surface area contributed by atoms with Gasteiger partial charge in [0.05, 0.1) is 30.0 Å². The van der Waals surface area contributed by atoms with Crippen LogP contribution in [0.3, 0.4) is 0 Å². The second-order valence-corrected chi connectivity index (χ2v) is 8.26. The van der Waals surface area contributed by atoms with Crippen LogP contribution in [0.4, 0.5) is 0 Å². The summed E-state index contributed by atoms with van der Waals surface area (Å²) in [4.78, 5) is 22.1. The number of aliphatic imine (C=N–C) groups is 1. The molecular weight excluding hydrogens is 493 g/mol. The number of allylic oxidation sites excluding steroid dienone is 1. The molecule has 2 heterocycles. The molecule has 0 aromatic carbocycles. The van der Waals surface area contributed by atoms with Crippen molar-refractivity contribution in [3.8, 4) is 0 Å². The molecule has 0 saturated heterocycles. The molecule has 0 aliphatic carbocycles. The molecule has 1 aromatic rings. The van der Waals surface area contributed by atoms with Gasteiger partial charge in [-0.25, -0.2) is 9.98 Å². The van der Waals surface area contributed by atoms with Crippen LogP contribution in [-0.4, -0.2) is 51.6 Å². The van der Waals surface area contributed by atoms with Crippen molar-refractivity contribution in [1.29, 1.82) is 0 Å². The molecule has 0 radical (unpaired) electrons. The average molecular weight is 521 g/mol. The van der Waals surface area contributed by atoms with E-state index in [0.717, 1.165) is 59.4 Å². The molecule has 0 amide bonds. The van der Waals surface area contributed by atoms with E-state index in [4.69, 9.17) is 0 Å². The molecule has 30 heavy (non-hydrogen) atoms. The molecule has 2 rings (SSSR count). The predicted molar refractivity (Wildman–Crippen MR) is 109 cm³/mol. The topological polar surface area (TPSA) is 134 Å². The van der Waals surface area contributed by atoms with Crippen molar-refractivity contribution in [2.45, 2.75) is 19.6 Å². The maximum Gasteiger partial charge on any atom is 0.359 e. The molecule has 1 aromatic heterocycles. The highest BCUT2D eigenvalue weighted by Gasteiger charge is 2.13. The first-order valence-corrected chi connectivity index (χ1v) is 11.1. The van der Waals surface area contributed by atoms with Crippen LogP contribution in [0.5, 0.6) is 0 Å². The van der Waals surface area contributed by atoms with Gasteiger partial charge in [-0.1, -0.05) is 0 Å². The van der Waals surface area contributed by atoms with Crippen molar-refractivity contribution in [2.75, 3.05) is 30.3 Å². The lowest BCUT2D eigenvalue weighted by molar-refractivity contribution is -0.791. The molecule has 0 unspecified atom stereocenters. The third-order valence-electron chi connectivity index (χ3n) is 3.96. The summed E-state index contributed by atoms with van der Waals surface area (Å²) >= 11 is 3.58. The van der Waals surface area contributed by atoms with Crippen LogP contribution in [0.2, 0.25) is 0 Å². The standard InChI is InChI=1S/C16H25N7O2S2.3ClH/c1-12-14(21-10-19-12)8-26-5-3-17-16(7-23(24)25)18-4-6-27-9-15-13(2)20-11-22-15;;;/h7,10-11,17-18H,3-6,8-9H2,1-2H3,(H,19,21)(H,20,22);3*1H. The number of nitro groups is 1. The Bertz CT molecular complexity index is 729. The third kappa shape index (κ3) is 12.2. The molecule has 172 valence electrons. The van der Waals surface area contributed by atoms with E-state index in [1.807, 2.05) is 29.2 Å². The Labute approximate surface area is 203 Å². The van der Waals surface area contributed by atoms with E-state index >= 15 is 0 Å². The fourth-order valence-electron chi connectivity index (χ4n) is 2.39. The summed E-state index contributed by atoms with van der Waals surface area (Å²) in [5, 5.41) is 16.7. The summed E-state index contributed by atoms with van der Waals surface area (Å²) in [6, 6.07) is 0. The second kappa shape index (κ2) is 17.8. The van der Waals surface area contributed by atoms with Gasteiger partial charge in [-0.2, -0.15) is 0 Å². The number of nitrogens with two attached hydrogens (primary N) is 3. The van der Waals surface area contributed by atoms with Crippen molar-refractivity contribution in [1.82, 2.24) is 9.97 Å². The minimum Gasteiger partial charge on any atom is -1.00 e. The van der Waals surface area contributed by atoms with Crippen molar-refractivity contribution < 1.29 is 58.1 Å². The number of nitrogens with zero attached hydrogens (tertiary/aromatic N) is 3. The molecule has 0 saturated carbocycles. The molecule has 9 nitrogen and oxygen atoms in total. The zero-order valence-corrected chi connectivity index (χ0v) is 20.7. The molecule has 0 fully saturated rings. The van der Waals surface area contributed by atoms with E-state index in [1.54, 1.807) is 29.9 Å². The molecule has 0 atom stereocenters. The largest absolute Gasteiger partial charge is 1.00 e. The van der Waals surface area contributed by atoms with Gasteiger partial charge < -0.3 is 42.2 Å². The van der Waals surface area contributed by atoms with Crippen LogP contribution in [0.15, 0.2) is 34.7 Å². The highest BCUT2D eigenvalue weighted by Crippen LogP contribution is 2.11. The molecule has 7 N–H and O–H groups in total. The fourth-order valence-corrected chi connectivity index (χ4v) is 4.22. The lowest BCUT2D eigenvalue weighted by Crippen LogP contribution is -3.03. The maximum atomic E-state index is 10.8. The van der Waals surface area contributed by atoms with Crippen LogP contribution in [0, 0.1) is 17.0 Å². The number of nitrogens with one attached hydrogen (secondary N) is 1. The van der Waals surface area contributed by atoms with Gasteiger partial charge >= 0.3 is 12.0 Å². The maximum absolute atomic E-state index is 10.8. The summed E-state index contributed by atoms with van der Waals surface area (Å²) in [6.07, 6.45) is 4.63. The Morgan fingerprint density at radius 2 is 1.83 bits per heavy atom. The number of aromatic nitrogens is 2. The van der Waals surface area contributed by atoms with E-state index in [0.29, 0.717) is 5.82 Å². The molecule has 0 spiro atoms. The number of aryl methyl sites for hydroxylation is 1. The van der Waals surface area contributed by atoms with Gasteiger partial charge in [-0.3, -0.25) is 26.1 Å². The van der Waals surface area contributed by atoms with E-state index in [-0.39, 0.29) is 42.1 Å². The summed E-state index contributed by atoms with van der Waals surface area (Å²) in [6.45, 7) is 5.68. The van der Waals surface area contributed by atoms with Gasteiger partial charge in [-0.05, 0) is 6.92 Å². The number of hydrogen-bond donors (Lipinski definition) is 4. The number of thioether (sulfide) groups is 2. The molecule has 0 bridgehead atoms. The number of H-pyrrole nitrogens is 1. The van der Waals surface area contributed by atoms with Crippen LogP contribution in [0.25, 0.3) is 0 Å². The molecule has 1 aliphatic rings. The Kier molecular flexibility index (Phi) is 18.7. The Morgan fingerprint density at radius 1 is 1.20 bits per heavy atom. The minimum absolute atomic E-state index is 0. The quantitative estimate of drug-likeness (QED) is 0.116. The van der Waals surface area contributed by atoms with Crippen LogP contribution >= 0.6 is 23.5 Å². The summed E-state index contributed by atoms with van der Waals surface area (Å²) in [5.41, 5.74) is 4.51. The first kappa shape index (κ1) is 31.4. The first-order valence-electron chi connectivity index (χ1n) is 8.79. The number of quaternary nitrogens is 3. The normalized spacial score (nSPS) is 12.9. The van der Waals surface area contributed by atoms with Gasteiger partial charge in [0.2, 0.25) is 0 Å². The van der Waals surface area contributed by atoms with Crippen molar-refractivity contribution >= 4 is 29.9 Å². The minimum atomic E-state index is -0.382. The predicted octanol–water partition coefficient (Wildman–Crippen LogP) is -10.3. The summed E-state index contributed by atoms with van der Waals surface area (Å²) < 4.78 is 0. The molecular formula is C16H28Cl3N7O2S2. The lowest BCUT2D eigenvalue weighted by atomic mass is 10.4. The summed E-state index contributed by atoms with van der Waals surface area (Å²) in [7, 11) is 0. The van der Waals surface area contributed by atoms with E-state index in [9.17, 15) is 10.1 Å². The second-order valence-electron chi connectivity index (χ2n) is 6.05. The van der Waals surface area contributed by atoms with Crippen LogP contribution in [0.1, 0.15) is 18.3 Å². The first-order chi connectivity index (χ1) is 13.1. The van der Waals surface area contributed by atoms with Gasteiger partial charge in [0.1, 0.15) is 11.4 Å². The van der Waals surface area contributed by atoms with E-state index < -0.39 is 0 Å². The third-order valence-corrected chi connectivity index (χ3v) is 5.96. The van der Waals surface area contributed by atoms with Gasteiger partial charge in [0.15, 0.2) is 6.34 Å². The number of hydrogen-bond acceptors (Lipinski definition) is 6. The van der Waals surface area contributed by atoms with Crippen molar-refractivity contribution in [3.63, 3.8) is 0 Å². The van der Waals surface area contributed by atoms with E-state index in [2.05, 4.69) is 21.9 Å². The monoisotopic (exact) mass is 519 g/mol. The Balaban J connectivity index is 0. The number of halogens is 3. The highest BCUT2D eigenvalue weighted by atomic mass is 35.5. The zero-order chi connectivity index (χ0) is 19.5. The molecule has 14 heteroatoms. The van der Waals surface area contributed by atoms with Crippen LogP contribution < -0.4 is 53.2 Å². The zero-order valence-electron chi connectivity index (χ0n) is 16.8. The van der Waals surface area contributed by atoms with Crippen molar-refractivity contribution in [2.24, 2.45) is 4.99 Å². The lowest BCUT2D eigenvalue weighted by Gasteiger charge is -2.03. The Hall–Kier alpha value is -0.790. The summed E-state index contributed by atoms with van der Waals surface area (Å²) in [5.74, 6) is 4.26. The smallest absolute Gasteiger partial charge is 0.359 e. The SMILES string of the molecule is CC1=C(CSCC[NH2+]/C(=C/[N+](=O)[O-])[NH2+]CCSCc2nc[nH]c2C)N=C[NH2+]1.[Cl-].[Cl-].[Cl-]. The average Bonchev–Trinajstić information content (AvgIpc) is 3.22. The van der Waals surface area contributed by atoms with Gasteiger partial charge in [0, 0.05) is 35.6 Å². The Morgan fingerprint density at radius 3 is 2.33 bits per heavy atom. The number of imidazole rings is 1. The van der Waals surface area contributed by atoms with E-state index in [1.165, 1.54) is 5.70 Å². The van der Waals surface area contributed by atoms with Crippen LogP contribution in [-0.2, 0) is 5.75 Å². The van der Waals surface area contributed by atoms with Crippen molar-refractivity contribution in [3.05, 3.63) is 51.2 Å². The fraction of sp³-hybridized carbons (Fsp3) is 0.500. The van der Waals surface area contributed by atoms with Gasteiger partial charge in [0.25, 0.3) is 0 Å².